The lowest BCUT2D eigenvalue weighted by Crippen LogP contribution is -2.50. The molecule has 0 spiro atoms. The normalized spacial score (nSPS) is 20.6. The molecule has 1 aromatic rings. The first-order chi connectivity index (χ1) is 12.1. The van der Waals surface area contributed by atoms with E-state index >= 15 is 0 Å². The van der Waals surface area contributed by atoms with Gasteiger partial charge in [-0.05, 0) is 24.3 Å². The minimum atomic E-state index is -0.760. The molecule has 1 amide bonds. The van der Waals surface area contributed by atoms with Crippen molar-refractivity contribution in [2.24, 2.45) is 5.92 Å². The fraction of sp³-hybridized carbons (Fsp3) is 0.600. The van der Waals surface area contributed by atoms with Crippen molar-refractivity contribution in [2.45, 2.75) is 38.0 Å². The Morgan fingerprint density at radius 1 is 1.04 bits per heavy atom. The molecule has 3 rings (SSSR count). The third-order valence-corrected chi connectivity index (χ3v) is 5.62. The predicted octanol–water partition coefficient (Wildman–Crippen LogP) is 2.58. The zero-order valence-electron chi connectivity index (χ0n) is 14.8. The lowest BCUT2D eigenvalue weighted by atomic mass is 9.83. The first kappa shape index (κ1) is 17.9. The number of carboxylic acids is 1. The molecule has 5 nitrogen and oxygen atoms in total. The maximum atomic E-state index is 13.3. The van der Waals surface area contributed by atoms with Crippen LogP contribution in [-0.2, 0) is 9.59 Å². The van der Waals surface area contributed by atoms with Crippen molar-refractivity contribution in [2.75, 3.05) is 32.7 Å². The van der Waals surface area contributed by atoms with Gasteiger partial charge in [0.1, 0.15) is 0 Å². The van der Waals surface area contributed by atoms with Crippen LogP contribution in [0.4, 0.5) is 0 Å². The van der Waals surface area contributed by atoms with Gasteiger partial charge in [-0.3, -0.25) is 14.5 Å². The molecule has 0 radical (unpaired) electrons. The Kier molecular flexibility index (Phi) is 6.08. The van der Waals surface area contributed by atoms with Crippen LogP contribution in [0.25, 0.3) is 0 Å². The van der Waals surface area contributed by atoms with Crippen molar-refractivity contribution in [1.82, 2.24) is 9.80 Å². The minimum absolute atomic E-state index is 0.0192. The summed E-state index contributed by atoms with van der Waals surface area (Å²) in [4.78, 5) is 28.1. The van der Waals surface area contributed by atoms with E-state index in [9.17, 15) is 9.59 Å². The molecule has 0 aromatic heterocycles. The van der Waals surface area contributed by atoms with Crippen LogP contribution in [0.5, 0.6) is 0 Å². The fourth-order valence-electron chi connectivity index (χ4n) is 4.21. The second-order valence-corrected chi connectivity index (χ2v) is 7.24. The molecule has 5 heteroatoms. The Labute approximate surface area is 149 Å². The summed E-state index contributed by atoms with van der Waals surface area (Å²) in [5.74, 6) is -0.0610. The summed E-state index contributed by atoms with van der Waals surface area (Å²) in [6.07, 6.45) is 4.91. The van der Waals surface area contributed by atoms with E-state index in [1.54, 1.807) is 0 Å². The lowest BCUT2D eigenvalue weighted by Gasteiger charge is -2.37. The molecule has 1 atom stereocenters. The molecule has 1 saturated heterocycles. The molecule has 1 heterocycles. The highest BCUT2D eigenvalue weighted by atomic mass is 16.4. The van der Waals surface area contributed by atoms with E-state index in [-0.39, 0.29) is 18.2 Å². The van der Waals surface area contributed by atoms with Crippen LogP contribution < -0.4 is 0 Å². The zero-order chi connectivity index (χ0) is 17.6. The Morgan fingerprint density at radius 3 is 2.28 bits per heavy atom. The molecule has 1 saturated carbocycles. The SMILES string of the molecule is O=C(O)CCN1CCN(C(=O)[C@H](c2ccccc2)C2CCCC2)CC1. The number of carbonyl (C=O) groups is 2. The van der Waals surface area contributed by atoms with Crippen LogP contribution in [0.1, 0.15) is 43.6 Å². The van der Waals surface area contributed by atoms with Crippen LogP contribution in [-0.4, -0.2) is 59.5 Å². The molecule has 2 aliphatic rings. The van der Waals surface area contributed by atoms with E-state index in [0.29, 0.717) is 25.6 Å². The maximum Gasteiger partial charge on any atom is 0.304 e. The van der Waals surface area contributed by atoms with Crippen molar-refractivity contribution in [3.8, 4) is 0 Å². The quantitative estimate of drug-likeness (QED) is 0.862. The van der Waals surface area contributed by atoms with Gasteiger partial charge in [-0.15, -0.1) is 0 Å². The number of amides is 1. The number of carbonyl (C=O) groups excluding carboxylic acids is 1. The molecular weight excluding hydrogens is 316 g/mol. The number of aliphatic carboxylic acids is 1. The number of piperazine rings is 1. The van der Waals surface area contributed by atoms with Gasteiger partial charge < -0.3 is 10.0 Å². The van der Waals surface area contributed by atoms with Crippen molar-refractivity contribution >= 4 is 11.9 Å². The van der Waals surface area contributed by atoms with Crippen molar-refractivity contribution in [3.05, 3.63) is 35.9 Å². The van der Waals surface area contributed by atoms with Gasteiger partial charge in [-0.25, -0.2) is 0 Å². The molecule has 1 aliphatic carbocycles. The number of benzene rings is 1. The third-order valence-electron chi connectivity index (χ3n) is 5.62. The van der Waals surface area contributed by atoms with Crippen LogP contribution in [0, 0.1) is 5.92 Å². The smallest absolute Gasteiger partial charge is 0.304 e. The lowest BCUT2D eigenvalue weighted by molar-refractivity contribution is -0.139. The summed E-state index contributed by atoms with van der Waals surface area (Å²) in [7, 11) is 0. The predicted molar refractivity (Wildman–Crippen MR) is 96.4 cm³/mol. The number of hydrogen-bond donors (Lipinski definition) is 1. The van der Waals surface area contributed by atoms with Gasteiger partial charge >= 0.3 is 5.97 Å². The van der Waals surface area contributed by atoms with Crippen molar-refractivity contribution in [3.63, 3.8) is 0 Å². The molecular formula is C20H28N2O3. The minimum Gasteiger partial charge on any atom is -0.481 e. The average molecular weight is 344 g/mol. The van der Waals surface area contributed by atoms with Gasteiger partial charge in [0, 0.05) is 32.7 Å². The van der Waals surface area contributed by atoms with E-state index in [4.69, 9.17) is 5.11 Å². The highest BCUT2D eigenvalue weighted by molar-refractivity contribution is 5.84. The average Bonchev–Trinajstić information content (AvgIpc) is 3.15. The molecule has 2 fully saturated rings. The first-order valence-electron chi connectivity index (χ1n) is 9.43. The number of rotatable bonds is 6. The van der Waals surface area contributed by atoms with Crippen molar-refractivity contribution in [1.29, 1.82) is 0 Å². The topological polar surface area (TPSA) is 60.9 Å². The van der Waals surface area contributed by atoms with Crippen molar-refractivity contribution < 1.29 is 14.7 Å². The molecule has 1 N–H and O–H groups in total. The Bertz CT molecular complexity index is 576. The second-order valence-electron chi connectivity index (χ2n) is 7.24. The summed E-state index contributed by atoms with van der Waals surface area (Å²) >= 11 is 0. The zero-order valence-corrected chi connectivity index (χ0v) is 14.8. The summed E-state index contributed by atoms with van der Waals surface area (Å²) in [6, 6.07) is 10.2. The number of carboxylic acid groups (broad SMARTS) is 1. The van der Waals surface area contributed by atoms with Gasteiger partial charge in [0.05, 0.1) is 12.3 Å². The number of hydrogen-bond acceptors (Lipinski definition) is 3. The standard InChI is InChI=1S/C20H28N2O3/c23-18(24)10-11-21-12-14-22(15-13-21)20(25)19(17-8-4-5-9-17)16-6-2-1-3-7-16/h1-3,6-7,17,19H,4-5,8-15H2,(H,23,24)/t19-/m1/s1. The molecule has 0 bridgehead atoms. The van der Waals surface area contributed by atoms with Gasteiger partial charge in [-0.1, -0.05) is 43.2 Å². The van der Waals surface area contributed by atoms with E-state index < -0.39 is 5.97 Å². The Hall–Kier alpha value is -1.88. The van der Waals surface area contributed by atoms with Gasteiger partial charge in [0.2, 0.25) is 5.91 Å². The monoisotopic (exact) mass is 344 g/mol. The molecule has 1 aromatic carbocycles. The largest absolute Gasteiger partial charge is 0.481 e. The Morgan fingerprint density at radius 2 is 1.68 bits per heavy atom. The molecule has 136 valence electrons. The summed E-state index contributed by atoms with van der Waals surface area (Å²) in [5.41, 5.74) is 1.15. The van der Waals surface area contributed by atoms with Crippen LogP contribution in [0.2, 0.25) is 0 Å². The number of nitrogens with zero attached hydrogens (tertiary/aromatic N) is 2. The highest BCUT2D eigenvalue weighted by Gasteiger charge is 2.35. The first-order valence-corrected chi connectivity index (χ1v) is 9.43. The summed E-state index contributed by atoms with van der Waals surface area (Å²) in [6.45, 7) is 3.52. The maximum absolute atomic E-state index is 13.3. The van der Waals surface area contributed by atoms with E-state index in [1.807, 2.05) is 23.1 Å². The van der Waals surface area contributed by atoms with Gasteiger partial charge in [0.25, 0.3) is 0 Å². The van der Waals surface area contributed by atoms with E-state index in [0.717, 1.165) is 31.5 Å². The van der Waals surface area contributed by atoms with Gasteiger partial charge in [-0.2, -0.15) is 0 Å². The third kappa shape index (κ3) is 4.60. The fourth-order valence-corrected chi connectivity index (χ4v) is 4.21. The summed E-state index contributed by atoms with van der Waals surface area (Å²) < 4.78 is 0. The Balaban J connectivity index is 1.64. The summed E-state index contributed by atoms with van der Waals surface area (Å²) in [5, 5.41) is 8.81. The highest BCUT2D eigenvalue weighted by Crippen LogP contribution is 2.38. The van der Waals surface area contributed by atoms with Gasteiger partial charge in [0.15, 0.2) is 0 Å². The van der Waals surface area contributed by atoms with Crippen LogP contribution in [0.15, 0.2) is 30.3 Å². The molecule has 0 unspecified atom stereocenters. The van der Waals surface area contributed by atoms with Crippen LogP contribution in [0.3, 0.4) is 0 Å². The van der Waals surface area contributed by atoms with E-state index in [1.165, 1.54) is 12.8 Å². The van der Waals surface area contributed by atoms with Crippen LogP contribution >= 0.6 is 0 Å². The molecule has 1 aliphatic heterocycles. The second kappa shape index (κ2) is 8.48. The van der Waals surface area contributed by atoms with E-state index in [2.05, 4.69) is 17.0 Å². The molecule has 25 heavy (non-hydrogen) atoms.